The van der Waals surface area contributed by atoms with Crippen molar-refractivity contribution in [3.8, 4) is 11.1 Å². The maximum atomic E-state index is 2.35. The molecule has 138 valence electrons. The lowest BCUT2D eigenvalue weighted by molar-refractivity contribution is 1.67. The third-order valence-corrected chi connectivity index (χ3v) is 6.56. The molecule has 7 aromatic rings. The topological polar surface area (TPSA) is 0 Å². The van der Waals surface area contributed by atoms with E-state index in [9.17, 15) is 0 Å². The molecule has 0 atom stereocenters. The van der Waals surface area contributed by atoms with E-state index in [1.807, 2.05) is 0 Å². The quantitative estimate of drug-likeness (QED) is 0.198. The van der Waals surface area contributed by atoms with Crippen molar-refractivity contribution >= 4 is 53.9 Å². The van der Waals surface area contributed by atoms with Gasteiger partial charge in [-0.2, -0.15) is 0 Å². The summed E-state index contributed by atoms with van der Waals surface area (Å²) in [6, 6.07) is 40.0. The lowest BCUT2D eigenvalue weighted by Gasteiger charge is -2.19. The number of hydrogen-bond donors (Lipinski definition) is 0. The van der Waals surface area contributed by atoms with Crippen molar-refractivity contribution in [3.05, 3.63) is 109 Å². The number of rotatable bonds is 1. The molecule has 0 heteroatoms. The zero-order chi connectivity index (χ0) is 19.7. The normalized spacial score (nSPS) is 12.0. The van der Waals surface area contributed by atoms with Gasteiger partial charge in [0.15, 0.2) is 0 Å². The average molecular weight is 378 g/mol. The van der Waals surface area contributed by atoms with Gasteiger partial charge < -0.3 is 0 Å². The van der Waals surface area contributed by atoms with E-state index in [1.54, 1.807) is 0 Å². The highest BCUT2D eigenvalue weighted by molar-refractivity contribution is 6.40. The Labute approximate surface area is 174 Å². The number of benzene rings is 7. The van der Waals surface area contributed by atoms with Crippen molar-refractivity contribution in [1.82, 2.24) is 0 Å². The second kappa shape index (κ2) is 5.81. The van der Waals surface area contributed by atoms with Gasteiger partial charge >= 0.3 is 0 Å². The Balaban J connectivity index is 1.90. The lowest BCUT2D eigenvalue weighted by atomic mass is 9.84. The van der Waals surface area contributed by atoms with Crippen molar-refractivity contribution in [3.63, 3.8) is 0 Å². The van der Waals surface area contributed by atoms with Crippen molar-refractivity contribution in [2.45, 2.75) is 0 Å². The molecule has 0 aromatic heterocycles. The Morgan fingerprint density at radius 2 is 1.00 bits per heavy atom. The first-order valence-electron chi connectivity index (χ1n) is 10.5. The first kappa shape index (κ1) is 16.0. The van der Waals surface area contributed by atoms with Crippen LogP contribution in [0.5, 0.6) is 0 Å². The van der Waals surface area contributed by atoms with Crippen LogP contribution in [0.15, 0.2) is 109 Å². The lowest BCUT2D eigenvalue weighted by Crippen LogP contribution is -1.91. The molecule has 0 nitrogen and oxygen atoms in total. The molecule has 0 aliphatic heterocycles. The second-order valence-corrected chi connectivity index (χ2v) is 8.13. The van der Waals surface area contributed by atoms with Crippen LogP contribution in [-0.2, 0) is 0 Å². The van der Waals surface area contributed by atoms with Crippen molar-refractivity contribution < 1.29 is 0 Å². The van der Waals surface area contributed by atoms with E-state index in [4.69, 9.17) is 0 Å². The molecular formula is C30H18. The van der Waals surface area contributed by atoms with Crippen LogP contribution in [0.3, 0.4) is 0 Å². The minimum atomic E-state index is 1.27. The van der Waals surface area contributed by atoms with E-state index in [1.165, 1.54) is 65.0 Å². The number of hydrogen-bond acceptors (Lipinski definition) is 0. The SMILES string of the molecule is c1ccc(-c2cccc3c4cccc5ccc6cc7ccccc7c(c23)c6c54)cc1. The average Bonchev–Trinajstić information content (AvgIpc) is 2.82. The standard InChI is InChI=1S/C30H18/c1-2-8-19(9-3-1)23-13-7-15-26-25-14-6-11-20-16-17-22-18-21-10-4-5-12-24(21)30(29(23)26)28(22)27(20)25/h1-18H. The highest BCUT2D eigenvalue weighted by atomic mass is 14.2. The largest absolute Gasteiger partial charge is 0.0622 e. The van der Waals surface area contributed by atoms with Gasteiger partial charge in [0.05, 0.1) is 0 Å². The van der Waals surface area contributed by atoms with Crippen LogP contribution >= 0.6 is 0 Å². The van der Waals surface area contributed by atoms with E-state index in [0.717, 1.165) is 0 Å². The highest BCUT2D eigenvalue weighted by Gasteiger charge is 2.18. The zero-order valence-corrected chi connectivity index (χ0v) is 16.4. The van der Waals surface area contributed by atoms with E-state index in [0.29, 0.717) is 0 Å². The molecule has 7 rings (SSSR count). The summed E-state index contributed by atoms with van der Waals surface area (Å²) in [7, 11) is 0. The second-order valence-electron chi connectivity index (χ2n) is 8.13. The summed E-state index contributed by atoms with van der Waals surface area (Å²) in [6.07, 6.45) is 0. The van der Waals surface area contributed by atoms with Gasteiger partial charge in [0.25, 0.3) is 0 Å². The Hall–Kier alpha value is -3.90. The van der Waals surface area contributed by atoms with Crippen LogP contribution in [0, 0.1) is 0 Å². The summed E-state index contributed by atoms with van der Waals surface area (Å²) in [5, 5.41) is 13.4. The van der Waals surface area contributed by atoms with Gasteiger partial charge in [0.2, 0.25) is 0 Å². The van der Waals surface area contributed by atoms with Crippen molar-refractivity contribution in [2.24, 2.45) is 0 Å². The summed E-state index contributed by atoms with van der Waals surface area (Å²) >= 11 is 0. The molecule has 0 aliphatic rings. The summed E-state index contributed by atoms with van der Waals surface area (Å²) in [5.41, 5.74) is 2.57. The molecule has 0 aliphatic carbocycles. The van der Waals surface area contributed by atoms with Gasteiger partial charge in [-0.25, -0.2) is 0 Å². The Morgan fingerprint density at radius 1 is 0.333 bits per heavy atom. The molecule has 0 unspecified atom stereocenters. The zero-order valence-electron chi connectivity index (χ0n) is 16.4. The fourth-order valence-electron chi connectivity index (χ4n) is 5.33. The maximum absolute atomic E-state index is 2.35. The fraction of sp³-hybridized carbons (Fsp3) is 0. The van der Waals surface area contributed by atoms with Crippen LogP contribution < -0.4 is 0 Å². The van der Waals surface area contributed by atoms with Gasteiger partial charge in [-0.15, -0.1) is 0 Å². The van der Waals surface area contributed by atoms with Gasteiger partial charge in [-0.3, -0.25) is 0 Å². The molecule has 0 spiro atoms. The first-order valence-corrected chi connectivity index (χ1v) is 10.5. The Bertz CT molecular complexity index is 1720. The number of fused-ring (bicyclic) bond motifs is 5. The van der Waals surface area contributed by atoms with Gasteiger partial charge in [-0.05, 0) is 71.1 Å². The Morgan fingerprint density at radius 3 is 1.90 bits per heavy atom. The van der Waals surface area contributed by atoms with Crippen LogP contribution in [-0.4, -0.2) is 0 Å². The predicted molar refractivity (Wildman–Crippen MR) is 131 cm³/mol. The van der Waals surface area contributed by atoms with Crippen LogP contribution in [0.1, 0.15) is 0 Å². The van der Waals surface area contributed by atoms with E-state index < -0.39 is 0 Å². The molecule has 0 amide bonds. The summed E-state index contributed by atoms with van der Waals surface area (Å²) in [4.78, 5) is 0. The molecule has 0 saturated heterocycles. The maximum Gasteiger partial charge on any atom is -0.000786 e. The highest BCUT2D eigenvalue weighted by Crippen LogP contribution is 2.46. The minimum Gasteiger partial charge on any atom is -0.0622 e. The Kier molecular flexibility index (Phi) is 3.09. The van der Waals surface area contributed by atoms with Crippen LogP contribution in [0.25, 0.3) is 65.0 Å². The summed E-state index contributed by atoms with van der Waals surface area (Å²) < 4.78 is 0. The molecule has 0 fully saturated rings. The molecule has 0 bridgehead atoms. The van der Waals surface area contributed by atoms with Crippen molar-refractivity contribution in [1.29, 1.82) is 0 Å². The molecule has 7 aromatic carbocycles. The molecule has 0 N–H and O–H groups in total. The molecule has 0 radical (unpaired) electrons. The van der Waals surface area contributed by atoms with Gasteiger partial charge in [0, 0.05) is 0 Å². The fourth-order valence-corrected chi connectivity index (χ4v) is 5.33. The monoisotopic (exact) mass is 378 g/mol. The smallest absolute Gasteiger partial charge is 0.000786 e. The van der Waals surface area contributed by atoms with Crippen LogP contribution in [0.4, 0.5) is 0 Å². The molecular weight excluding hydrogens is 360 g/mol. The van der Waals surface area contributed by atoms with Gasteiger partial charge in [-0.1, -0.05) is 103 Å². The molecule has 0 saturated carbocycles. The predicted octanol–water partition coefficient (Wildman–Crippen LogP) is 8.56. The third-order valence-electron chi connectivity index (χ3n) is 6.56. The van der Waals surface area contributed by atoms with Crippen molar-refractivity contribution in [2.75, 3.05) is 0 Å². The minimum absolute atomic E-state index is 1.27. The van der Waals surface area contributed by atoms with E-state index >= 15 is 0 Å². The third kappa shape index (κ3) is 2.00. The molecule has 30 heavy (non-hydrogen) atoms. The van der Waals surface area contributed by atoms with E-state index in [2.05, 4.69) is 109 Å². The van der Waals surface area contributed by atoms with E-state index in [-0.39, 0.29) is 0 Å². The molecule has 0 heterocycles. The summed E-state index contributed by atoms with van der Waals surface area (Å²) in [6.45, 7) is 0. The van der Waals surface area contributed by atoms with Crippen LogP contribution in [0.2, 0.25) is 0 Å². The summed E-state index contributed by atoms with van der Waals surface area (Å²) in [5.74, 6) is 0. The first-order chi connectivity index (χ1) is 14.9. The van der Waals surface area contributed by atoms with Gasteiger partial charge in [0.1, 0.15) is 0 Å².